The maximum Gasteiger partial charge on any atom is 0.290 e. The van der Waals surface area contributed by atoms with Crippen LogP contribution in [0.2, 0.25) is 0 Å². The van der Waals surface area contributed by atoms with E-state index < -0.39 is 0 Å². The number of ether oxygens (including phenoxy) is 1. The normalized spacial score (nSPS) is 14.9. The van der Waals surface area contributed by atoms with Crippen LogP contribution in [0.25, 0.3) is 0 Å². The minimum absolute atomic E-state index is 0.0121. The zero-order valence-electron chi connectivity index (χ0n) is 17.1. The second-order valence-corrected chi connectivity index (χ2v) is 6.74. The molecule has 4 rings (SSSR count). The summed E-state index contributed by atoms with van der Waals surface area (Å²) in [5.41, 5.74) is 4.24. The van der Waals surface area contributed by atoms with Gasteiger partial charge in [0.15, 0.2) is 5.82 Å². The molecule has 30 heavy (non-hydrogen) atoms. The Bertz CT molecular complexity index is 1030. The summed E-state index contributed by atoms with van der Waals surface area (Å²) < 4.78 is 9.20. The summed E-state index contributed by atoms with van der Waals surface area (Å²) in [6.45, 7) is 5.17. The van der Waals surface area contributed by atoms with E-state index in [4.69, 9.17) is 14.6 Å². The SMILES string of the molecule is CCn1nc2c(c1C)C(c1ccc(OC)c(Cn3cncn3)c1)CC(=O)N2.O=CO. The first-order valence-corrected chi connectivity index (χ1v) is 9.46. The Kier molecular flexibility index (Phi) is 6.45. The maximum atomic E-state index is 12.3. The minimum Gasteiger partial charge on any atom is -0.496 e. The number of nitrogens with one attached hydrogen (secondary N) is 1. The molecule has 0 spiro atoms. The van der Waals surface area contributed by atoms with Gasteiger partial charge in [0.1, 0.15) is 18.4 Å². The quantitative estimate of drug-likeness (QED) is 0.615. The molecule has 0 aliphatic carbocycles. The molecule has 1 amide bonds. The molecule has 10 nitrogen and oxygen atoms in total. The molecule has 3 heterocycles. The van der Waals surface area contributed by atoms with Crippen molar-refractivity contribution in [2.24, 2.45) is 0 Å². The minimum atomic E-state index is -0.250. The average molecular weight is 412 g/mol. The summed E-state index contributed by atoms with van der Waals surface area (Å²) in [4.78, 5) is 24.6. The molecule has 0 fully saturated rings. The van der Waals surface area contributed by atoms with Crippen LogP contribution in [-0.4, -0.2) is 49.1 Å². The van der Waals surface area contributed by atoms with Crippen molar-refractivity contribution in [3.63, 3.8) is 0 Å². The number of hydrogen-bond donors (Lipinski definition) is 2. The van der Waals surface area contributed by atoms with E-state index >= 15 is 0 Å². The fourth-order valence-corrected chi connectivity index (χ4v) is 3.76. The van der Waals surface area contributed by atoms with Gasteiger partial charge < -0.3 is 15.2 Å². The number of methoxy groups -OCH3 is 1. The predicted molar refractivity (Wildman–Crippen MR) is 109 cm³/mol. The van der Waals surface area contributed by atoms with Crippen LogP contribution in [0.5, 0.6) is 5.75 Å². The van der Waals surface area contributed by atoms with Gasteiger partial charge in [-0.2, -0.15) is 10.2 Å². The monoisotopic (exact) mass is 412 g/mol. The second kappa shape index (κ2) is 9.21. The van der Waals surface area contributed by atoms with Crippen molar-refractivity contribution in [1.29, 1.82) is 0 Å². The van der Waals surface area contributed by atoms with Crippen molar-refractivity contribution in [2.75, 3.05) is 12.4 Å². The Labute approximate surface area is 173 Å². The van der Waals surface area contributed by atoms with E-state index in [-0.39, 0.29) is 18.3 Å². The van der Waals surface area contributed by atoms with Gasteiger partial charge in [0, 0.05) is 35.7 Å². The molecule has 0 bridgehead atoms. The van der Waals surface area contributed by atoms with E-state index in [9.17, 15) is 4.79 Å². The highest BCUT2D eigenvalue weighted by molar-refractivity contribution is 5.94. The number of fused-ring (bicyclic) bond motifs is 1. The van der Waals surface area contributed by atoms with Crippen LogP contribution < -0.4 is 10.1 Å². The molecule has 1 unspecified atom stereocenters. The van der Waals surface area contributed by atoms with Gasteiger partial charge >= 0.3 is 0 Å². The molecule has 158 valence electrons. The molecule has 1 atom stereocenters. The third-order valence-electron chi connectivity index (χ3n) is 5.05. The summed E-state index contributed by atoms with van der Waals surface area (Å²) in [7, 11) is 1.65. The predicted octanol–water partition coefficient (Wildman–Crippen LogP) is 2.03. The lowest BCUT2D eigenvalue weighted by molar-refractivity contribution is -0.123. The number of rotatable bonds is 5. The van der Waals surface area contributed by atoms with E-state index in [1.54, 1.807) is 18.1 Å². The zero-order chi connectivity index (χ0) is 21.7. The number of benzene rings is 1. The summed E-state index contributed by atoms with van der Waals surface area (Å²) in [6.07, 6.45) is 3.59. The van der Waals surface area contributed by atoms with Gasteiger partial charge in [-0.15, -0.1) is 0 Å². The summed E-state index contributed by atoms with van der Waals surface area (Å²) >= 11 is 0. The van der Waals surface area contributed by atoms with Crippen molar-refractivity contribution in [3.8, 4) is 5.75 Å². The topological polar surface area (TPSA) is 124 Å². The molecule has 1 aromatic carbocycles. The number of hydrogen-bond acceptors (Lipinski definition) is 6. The molecule has 10 heteroatoms. The van der Waals surface area contributed by atoms with E-state index in [2.05, 4.69) is 33.5 Å². The number of aryl methyl sites for hydroxylation is 1. The van der Waals surface area contributed by atoms with Gasteiger partial charge in [0.2, 0.25) is 5.91 Å². The first kappa shape index (κ1) is 21.0. The van der Waals surface area contributed by atoms with Gasteiger partial charge in [-0.3, -0.25) is 14.3 Å². The van der Waals surface area contributed by atoms with Crippen molar-refractivity contribution in [3.05, 3.63) is 53.2 Å². The molecule has 0 radical (unpaired) electrons. The van der Waals surface area contributed by atoms with Crippen LogP contribution in [0.3, 0.4) is 0 Å². The summed E-state index contributed by atoms with van der Waals surface area (Å²) in [5.74, 6) is 1.41. The van der Waals surface area contributed by atoms with E-state index in [1.807, 2.05) is 23.7 Å². The molecule has 0 saturated carbocycles. The third-order valence-corrected chi connectivity index (χ3v) is 5.05. The number of aromatic nitrogens is 5. The Morgan fingerprint density at radius 2 is 2.17 bits per heavy atom. The van der Waals surface area contributed by atoms with Crippen LogP contribution in [0.1, 0.15) is 41.6 Å². The number of carbonyl (C=O) groups excluding carboxylic acids is 1. The first-order chi connectivity index (χ1) is 14.5. The highest BCUT2D eigenvalue weighted by atomic mass is 16.5. The van der Waals surface area contributed by atoms with Crippen molar-refractivity contribution in [2.45, 2.75) is 39.3 Å². The van der Waals surface area contributed by atoms with Crippen molar-refractivity contribution >= 4 is 18.2 Å². The van der Waals surface area contributed by atoms with Crippen molar-refractivity contribution in [1.82, 2.24) is 24.5 Å². The number of amides is 1. The van der Waals surface area contributed by atoms with Crippen molar-refractivity contribution < 1.29 is 19.4 Å². The number of nitrogens with zero attached hydrogens (tertiary/aromatic N) is 5. The fraction of sp³-hybridized carbons (Fsp3) is 0.350. The van der Waals surface area contributed by atoms with Gasteiger partial charge in [-0.05, 0) is 31.5 Å². The van der Waals surface area contributed by atoms with Gasteiger partial charge in [0.25, 0.3) is 6.47 Å². The Morgan fingerprint density at radius 3 is 2.80 bits per heavy atom. The van der Waals surface area contributed by atoms with Crippen LogP contribution in [0.15, 0.2) is 30.9 Å². The molecule has 2 aromatic heterocycles. The third kappa shape index (κ3) is 4.17. The average Bonchev–Trinajstić information content (AvgIpc) is 3.35. The van der Waals surface area contributed by atoms with Gasteiger partial charge in [-0.1, -0.05) is 6.07 Å². The molecule has 3 aromatic rings. The maximum absolute atomic E-state index is 12.3. The largest absolute Gasteiger partial charge is 0.496 e. The number of carbonyl (C=O) groups is 2. The highest BCUT2D eigenvalue weighted by Gasteiger charge is 2.32. The van der Waals surface area contributed by atoms with Crippen LogP contribution >= 0.6 is 0 Å². The van der Waals surface area contributed by atoms with Crippen LogP contribution in [0, 0.1) is 6.92 Å². The number of carboxylic acid groups (broad SMARTS) is 1. The summed E-state index contributed by atoms with van der Waals surface area (Å²) in [6, 6.07) is 6.07. The molecule has 2 N–H and O–H groups in total. The van der Waals surface area contributed by atoms with Crippen LogP contribution in [0.4, 0.5) is 5.82 Å². The lowest BCUT2D eigenvalue weighted by Crippen LogP contribution is -2.23. The van der Waals surface area contributed by atoms with E-state index in [0.717, 1.165) is 34.7 Å². The Morgan fingerprint density at radius 1 is 1.40 bits per heavy atom. The molecular formula is C20H24N6O4. The van der Waals surface area contributed by atoms with Crippen LogP contribution in [-0.2, 0) is 22.7 Å². The number of anilines is 1. The van der Waals surface area contributed by atoms with Gasteiger partial charge in [0.05, 0.1) is 13.7 Å². The van der Waals surface area contributed by atoms with E-state index in [0.29, 0.717) is 18.8 Å². The molecular weight excluding hydrogens is 388 g/mol. The Balaban J connectivity index is 0.000000806. The Hall–Kier alpha value is -3.69. The van der Waals surface area contributed by atoms with E-state index in [1.165, 1.54) is 6.33 Å². The second-order valence-electron chi connectivity index (χ2n) is 6.74. The molecule has 1 aliphatic rings. The standard InChI is InChI=1S/C19H22N6O2.CH2O2/c1-4-25-12(2)18-15(8-17(26)22-19(18)23-25)13-5-6-16(27-3)14(7-13)9-24-11-20-10-21-24;2-1-3/h5-7,10-11,15H,4,8-9H2,1-3H3,(H,22,23,26);1H,(H,2,3). The zero-order valence-corrected chi connectivity index (χ0v) is 17.1. The lowest BCUT2D eigenvalue weighted by Gasteiger charge is -2.24. The summed E-state index contributed by atoms with van der Waals surface area (Å²) in [5, 5.41) is 18.5. The van der Waals surface area contributed by atoms with Gasteiger partial charge in [-0.25, -0.2) is 9.67 Å². The molecule has 0 saturated heterocycles. The molecule has 1 aliphatic heterocycles. The lowest BCUT2D eigenvalue weighted by atomic mass is 9.85. The highest BCUT2D eigenvalue weighted by Crippen LogP contribution is 2.40. The fourth-order valence-electron chi connectivity index (χ4n) is 3.76. The first-order valence-electron chi connectivity index (χ1n) is 9.46. The smallest absolute Gasteiger partial charge is 0.290 e.